The van der Waals surface area contributed by atoms with Gasteiger partial charge in [-0.15, -0.1) is 0 Å². The third kappa shape index (κ3) is 2.49. The highest BCUT2D eigenvalue weighted by atomic mass is 16.5. The lowest BCUT2D eigenvalue weighted by atomic mass is 10.2. The van der Waals surface area contributed by atoms with Gasteiger partial charge >= 0.3 is 0 Å². The number of rotatable bonds is 2. The molecule has 0 unspecified atom stereocenters. The molecule has 2 rings (SSSR count). The third-order valence-electron chi connectivity index (χ3n) is 3.30. The first-order valence-corrected chi connectivity index (χ1v) is 5.66. The maximum atomic E-state index is 6.41. The molecule has 0 bridgehead atoms. The molecule has 15 heavy (non-hydrogen) atoms. The van der Waals surface area contributed by atoms with Crippen molar-refractivity contribution in [3.05, 3.63) is 0 Å². The van der Waals surface area contributed by atoms with Crippen molar-refractivity contribution in [2.24, 2.45) is 5.73 Å². The van der Waals surface area contributed by atoms with Crippen LogP contribution in [0.3, 0.4) is 0 Å². The van der Waals surface area contributed by atoms with Gasteiger partial charge in [0.15, 0.2) is 0 Å². The van der Waals surface area contributed by atoms with E-state index in [0.717, 1.165) is 52.6 Å². The van der Waals surface area contributed by atoms with E-state index in [1.165, 1.54) is 0 Å². The molecule has 5 nitrogen and oxygen atoms in total. The molecule has 88 valence electrons. The lowest BCUT2D eigenvalue weighted by Gasteiger charge is -2.48. The maximum Gasteiger partial charge on any atom is 0.123 e. The molecule has 0 atom stereocenters. The van der Waals surface area contributed by atoms with Gasteiger partial charge < -0.3 is 15.2 Å². The average molecular weight is 215 g/mol. The first-order valence-electron chi connectivity index (χ1n) is 5.66. The molecule has 0 aromatic rings. The molecule has 0 aromatic heterocycles. The largest absolute Gasteiger partial charge is 0.379 e. The number of nitrogens with zero attached hydrogens (tertiary/aromatic N) is 2. The first kappa shape index (κ1) is 11.3. The minimum Gasteiger partial charge on any atom is -0.379 e. The molecule has 0 saturated carbocycles. The van der Waals surface area contributed by atoms with E-state index in [4.69, 9.17) is 15.2 Å². The topological polar surface area (TPSA) is 51.0 Å². The Morgan fingerprint density at radius 2 is 1.20 bits per heavy atom. The third-order valence-corrected chi connectivity index (χ3v) is 3.30. The normalized spacial score (nSPS) is 26.8. The number of ether oxygens (including phenoxy) is 2. The lowest BCUT2D eigenvalue weighted by Crippen LogP contribution is -2.68. The van der Waals surface area contributed by atoms with Crippen LogP contribution in [0, 0.1) is 0 Å². The first-order chi connectivity index (χ1) is 7.21. The second-order valence-electron chi connectivity index (χ2n) is 4.29. The van der Waals surface area contributed by atoms with Gasteiger partial charge in [0, 0.05) is 26.2 Å². The zero-order chi connectivity index (χ0) is 10.7. The Morgan fingerprint density at radius 3 is 1.53 bits per heavy atom. The van der Waals surface area contributed by atoms with Gasteiger partial charge in [0.2, 0.25) is 0 Å². The second kappa shape index (κ2) is 4.76. The smallest absolute Gasteiger partial charge is 0.123 e. The number of morpholine rings is 2. The average Bonchev–Trinajstić information content (AvgIpc) is 2.31. The summed E-state index contributed by atoms with van der Waals surface area (Å²) in [6.07, 6.45) is 0. The fourth-order valence-corrected chi connectivity index (χ4v) is 2.23. The van der Waals surface area contributed by atoms with Crippen molar-refractivity contribution in [1.82, 2.24) is 9.80 Å². The van der Waals surface area contributed by atoms with Crippen LogP contribution in [0.25, 0.3) is 0 Å². The van der Waals surface area contributed by atoms with Crippen molar-refractivity contribution in [2.45, 2.75) is 12.7 Å². The summed E-state index contributed by atoms with van der Waals surface area (Å²) in [4.78, 5) is 4.59. The molecule has 5 heteroatoms. The lowest BCUT2D eigenvalue weighted by molar-refractivity contribution is -0.116. The molecule has 2 aliphatic rings. The Labute approximate surface area is 91.1 Å². The SMILES string of the molecule is CC(N)(N1CCOCC1)N1CCOCC1. The highest BCUT2D eigenvalue weighted by Crippen LogP contribution is 2.17. The van der Waals surface area contributed by atoms with Crippen molar-refractivity contribution in [3.8, 4) is 0 Å². The van der Waals surface area contributed by atoms with E-state index in [9.17, 15) is 0 Å². The van der Waals surface area contributed by atoms with E-state index < -0.39 is 0 Å². The fourth-order valence-electron chi connectivity index (χ4n) is 2.23. The molecule has 2 heterocycles. The Morgan fingerprint density at radius 1 is 0.867 bits per heavy atom. The van der Waals surface area contributed by atoms with Crippen LogP contribution in [0.5, 0.6) is 0 Å². The van der Waals surface area contributed by atoms with Gasteiger partial charge in [-0.25, -0.2) is 0 Å². The van der Waals surface area contributed by atoms with Crippen LogP contribution in [0.15, 0.2) is 0 Å². The summed E-state index contributed by atoms with van der Waals surface area (Å²) in [7, 11) is 0. The minimum absolute atomic E-state index is 0.354. The predicted octanol–water partition coefficient (Wildman–Crippen LogP) is -0.717. The summed E-state index contributed by atoms with van der Waals surface area (Å²) in [6, 6.07) is 0. The standard InChI is InChI=1S/C10H21N3O2/c1-10(11,12-2-6-14-7-3-12)13-4-8-15-9-5-13/h2-9,11H2,1H3. The Bertz CT molecular complexity index is 179. The van der Waals surface area contributed by atoms with Crippen LogP contribution in [0.1, 0.15) is 6.92 Å². The molecule has 0 spiro atoms. The number of nitrogens with two attached hydrogens (primary N) is 1. The van der Waals surface area contributed by atoms with Crippen LogP contribution in [0.2, 0.25) is 0 Å². The van der Waals surface area contributed by atoms with Crippen molar-refractivity contribution in [2.75, 3.05) is 52.6 Å². The Kier molecular flexibility index (Phi) is 3.58. The van der Waals surface area contributed by atoms with Gasteiger partial charge in [0.05, 0.1) is 26.4 Å². The van der Waals surface area contributed by atoms with Crippen molar-refractivity contribution in [3.63, 3.8) is 0 Å². The zero-order valence-corrected chi connectivity index (χ0v) is 9.45. The molecule has 0 amide bonds. The second-order valence-corrected chi connectivity index (χ2v) is 4.29. The van der Waals surface area contributed by atoms with Crippen molar-refractivity contribution >= 4 is 0 Å². The van der Waals surface area contributed by atoms with Crippen LogP contribution in [-0.2, 0) is 9.47 Å². The monoisotopic (exact) mass is 215 g/mol. The van der Waals surface area contributed by atoms with E-state index >= 15 is 0 Å². The van der Waals surface area contributed by atoms with Crippen molar-refractivity contribution in [1.29, 1.82) is 0 Å². The summed E-state index contributed by atoms with van der Waals surface area (Å²) in [6.45, 7) is 8.93. The highest BCUT2D eigenvalue weighted by molar-refractivity contribution is 4.83. The predicted molar refractivity (Wildman–Crippen MR) is 57.4 cm³/mol. The minimum atomic E-state index is -0.354. The van der Waals surface area contributed by atoms with Crippen LogP contribution >= 0.6 is 0 Å². The highest BCUT2D eigenvalue weighted by Gasteiger charge is 2.35. The quantitative estimate of drug-likeness (QED) is 0.659. The molecule has 2 fully saturated rings. The molecule has 0 aliphatic carbocycles. The maximum absolute atomic E-state index is 6.41. The number of hydrogen-bond acceptors (Lipinski definition) is 5. The Balaban J connectivity index is 1.96. The van der Waals surface area contributed by atoms with Gasteiger partial charge in [-0.1, -0.05) is 0 Å². The molecule has 2 N–H and O–H groups in total. The molecular weight excluding hydrogens is 194 g/mol. The Hall–Kier alpha value is -0.200. The molecule has 2 saturated heterocycles. The summed E-state index contributed by atoms with van der Waals surface area (Å²) >= 11 is 0. The molecular formula is C10H21N3O2. The van der Waals surface area contributed by atoms with Crippen LogP contribution in [0.4, 0.5) is 0 Å². The van der Waals surface area contributed by atoms with Crippen LogP contribution < -0.4 is 5.73 Å². The molecule has 0 radical (unpaired) electrons. The van der Waals surface area contributed by atoms with E-state index in [1.54, 1.807) is 0 Å². The van der Waals surface area contributed by atoms with Gasteiger partial charge in [0.25, 0.3) is 0 Å². The zero-order valence-electron chi connectivity index (χ0n) is 9.45. The van der Waals surface area contributed by atoms with Gasteiger partial charge in [0.1, 0.15) is 5.79 Å². The van der Waals surface area contributed by atoms with E-state index in [1.807, 2.05) is 0 Å². The summed E-state index contributed by atoms with van der Waals surface area (Å²) in [5.74, 6) is -0.354. The van der Waals surface area contributed by atoms with Gasteiger partial charge in [-0.2, -0.15) is 0 Å². The number of hydrogen-bond donors (Lipinski definition) is 1. The van der Waals surface area contributed by atoms with Gasteiger partial charge in [-0.3, -0.25) is 9.80 Å². The van der Waals surface area contributed by atoms with Crippen molar-refractivity contribution < 1.29 is 9.47 Å². The summed E-state index contributed by atoms with van der Waals surface area (Å²) < 4.78 is 10.7. The van der Waals surface area contributed by atoms with Gasteiger partial charge in [-0.05, 0) is 6.92 Å². The van der Waals surface area contributed by atoms with E-state index in [0.29, 0.717) is 0 Å². The van der Waals surface area contributed by atoms with E-state index in [-0.39, 0.29) is 5.79 Å². The fraction of sp³-hybridized carbons (Fsp3) is 1.00. The van der Waals surface area contributed by atoms with Crippen LogP contribution in [-0.4, -0.2) is 68.2 Å². The summed E-state index contributed by atoms with van der Waals surface area (Å²) in [5, 5.41) is 0. The molecule has 2 aliphatic heterocycles. The summed E-state index contributed by atoms with van der Waals surface area (Å²) in [5.41, 5.74) is 6.41. The molecule has 0 aromatic carbocycles. The van der Waals surface area contributed by atoms with E-state index in [2.05, 4.69) is 16.7 Å².